The first-order valence-corrected chi connectivity index (χ1v) is 12.0. The summed E-state index contributed by atoms with van der Waals surface area (Å²) in [5, 5.41) is 21.7. The van der Waals surface area contributed by atoms with E-state index in [1.165, 1.54) is 11.8 Å². The first kappa shape index (κ1) is 23.1. The van der Waals surface area contributed by atoms with Crippen molar-refractivity contribution >= 4 is 40.8 Å². The van der Waals surface area contributed by atoms with Crippen LogP contribution in [0.1, 0.15) is 37.3 Å². The maximum atomic E-state index is 10.5. The number of ether oxygens (including phenoxy) is 1. The standard InChI is InChI=1S/C22H27Cl2N3O3S/c1-13-11-30-12-22(13)6-8-27(9-7-22)20-19(16(29)10-28)26-21(14(2)25-20)31-17-5-3-4-15(23)18(17)24/h3-5,13,16,28-29H,6-12H2,1-2H3/t13-,16?/m1/s1. The molecular weight excluding hydrogens is 457 g/mol. The highest BCUT2D eigenvalue weighted by molar-refractivity contribution is 7.99. The molecule has 9 heteroatoms. The first-order chi connectivity index (χ1) is 14.8. The fourth-order valence-corrected chi connectivity index (χ4v) is 5.73. The molecule has 2 aromatic rings. The van der Waals surface area contributed by atoms with Gasteiger partial charge in [0.1, 0.15) is 16.8 Å². The molecule has 0 bridgehead atoms. The van der Waals surface area contributed by atoms with E-state index in [-0.39, 0.29) is 5.41 Å². The minimum atomic E-state index is -1.11. The van der Waals surface area contributed by atoms with Gasteiger partial charge in [0.2, 0.25) is 0 Å². The van der Waals surface area contributed by atoms with E-state index in [1.54, 1.807) is 6.07 Å². The quantitative estimate of drug-likeness (QED) is 0.646. The van der Waals surface area contributed by atoms with Gasteiger partial charge in [-0.05, 0) is 37.8 Å². The second-order valence-electron chi connectivity index (χ2n) is 8.44. The lowest BCUT2D eigenvalue weighted by atomic mass is 9.72. The van der Waals surface area contributed by atoms with E-state index in [1.807, 2.05) is 19.1 Å². The van der Waals surface area contributed by atoms with Crippen molar-refractivity contribution < 1.29 is 14.9 Å². The normalized spacial score (nSPS) is 21.6. The smallest absolute Gasteiger partial charge is 0.153 e. The van der Waals surface area contributed by atoms with E-state index in [9.17, 15) is 10.2 Å². The summed E-state index contributed by atoms with van der Waals surface area (Å²) in [5.41, 5.74) is 1.36. The molecule has 0 amide bonds. The van der Waals surface area contributed by atoms with Crippen molar-refractivity contribution in [3.63, 3.8) is 0 Å². The van der Waals surface area contributed by atoms with Crippen LogP contribution in [0.4, 0.5) is 5.82 Å². The van der Waals surface area contributed by atoms with Gasteiger partial charge in [-0.2, -0.15) is 0 Å². The molecule has 0 aliphatic carbocycles. The van der Waals surface area contributed by atoms with E-state index >= 15 is 0 Å². The lowest BCUT2D eigenvalue weighted by molar-refractivity contribution is 0.0912. The van der Waals surface area contributed by atoms with Crippen LogP contribution in [0.15, 0.2) is 28.1 Å². The van der Waals surface area contributed by atoms with Crippen LogP contribution in [0.3, 0.4) is 0 Å². The number of aromatic nitrogens is 2. The molecule has 2 N–H and O–H groups in total. The monoisotopic (exact) mass is 483 g/mol. The Morgan fingerprint density at radius 1 is 1.29 bits per heavy atom. The highest BCUT2D eigenvalue weighted by Gasteiger charge is 2.44. The number of nitrogens with zero attached hydrogens (tertiary/aromatic N) is 3. The molecule has 0 saturated carbocycles. The molecule has 3 heterocycles. The third-order valence-electron chi connectivity index (χ3n) is 6.51. The fourth-order valence-electron chi connectivity index (χ4n) is 4.37. The van der Waals surface area contributed by atoms with E-state index in [0.29, 0.717) is 32.5 Å². The van der Waals surface area contributed by atoms with Gasteiger partial charge in [-0.15, -0.1) is 0 Å². The van der Waals surface area contributed by atoms with E-state index in [0.717, 1.165) is 49.7 Å². The molecule has 1 spiro atoms. The number of aliphatic hydroxyl groups is 2. The Bertz CT molecular complexity index is 954. The SMILES string of the molecule is Cc1nc(N2CCC3(CC2)COC[C@H]3C)c(C(O)CO)nc1Sc1cccc(Cl)c1Cl. The summed E-state index contributed by atoms with van der Waals surface area (Å²) in [6, 6.07) is 5.43. The Labute approximate surface area is 196 Å². The first-order valence-electron chi connectivity index (χ1n) is 10.5. The van der Waals surface area contributed by atoms with Crippen molar-refractivity contribution in [2.75, 3.05) is 37.8 Å². The Hall–Kier alpha value is -1.09. The molecule has 0 radical (unpaired) electrons. The summed E-state index contributed by atoms with van der Waals surface area (Å²) >= 11 is 13.8. The van der Waals surface area contributed by atoms with E-state index in [4.69, 9.17) is 37.9 Å². The molecule has 1 aromatic carbocycles. The zero-order chi connectivity index (χ0) is 22.2. The van der Waals surface area contributed by atoms with Crippen molar-refractivity contribution in [2.24, 2.45) is 11.3 Å². The average molecular weight is 484 g/mol. The van der Waals surface area contributed by atoms with Crippen LogP contribution in [0.5, 0.6) is 0 Å². The number of hydrogen-bond acceptors (Lipinski definition) is 7. The molecule has 2 aliphatic heterocycles. The molecule has 2 atom stereocenters. The second kappa shape index (κ2) is 9.41. The molecular formula is C22H27Cl2N3O3S. The van der Waals surface area contributed by atoms with Crippen LogP contribution >= 0.6 is 35.0 Å². The molecule has 1 aromatic heterocycles. The van der Waals surface area contributed by atoms with Crippen LogP contribution in [-0.2, 0) is 4.74 Å². The number of benzene rings is 1. The van der Waals surface area contributed by atoms with Gasteiger partial charge in [-0.1, -0.05) is 48.0 Å². The third kappa shape index (κ3) is 4.54. The topological polar surface area (TPSA) is 78.7 Å². The predicted octanol–water partition coefficient (Wildman–Crippen LogP) is 4.52. The molecule has 4 rings (SSSR count). The fraction of sp³-hybridized carbons (Fsp3) is 0.545. The predicted molar refractivity (Wildman–Crippen MR) is 123 cm³/mol. The molecule has 6 nitrogen and oxygen atoms in total. The number of anilines is 1. The molecule has 31 heavy (non-hydrogen) atoms. The van der Waals surface area contributed by atoms with Gasteiger partial charge in [-0.3, -0.25) is 0 Å². The minimum absolute atomic E-state index is 0.230. The molecule has 2 saturated heterocycles. The van der Waals surface area contributed by atoms with Gasteiger partial charge < -0.3 is 19.8 Å². The Kier molecular flexibility index (Phi) is 7.01. The van der Waals surface area contributed by atoms with E-state index < -0.39 is 12.7 Å². The van der Waals surface area contributed by atoms with Crippen molar-refractivity contribution in [2.45, 2.75) is 42.7 Å². The summed E-state index contributed by atoms with van der Waals surface area (Å²) in [4.78, 5) is 12.5. The minimum Gasteiger partial charge on any atom is -0.393 e. The zero-order valence-corrected chi connectivity index (χ0v) is 20.0. The number of piperidine rings is 1. The summed E-state index contributed by atoms with van der Waals surface area (Å²) in [6.45, 7) is 7.01. The zero-order valence-electron chi connectivity index (χ0n) is 17.6. The number of aliphatic hydroxyl groups excluding tert-OH is 2. The van der Waals surface area contributed by atoms with Gasteiger partial charge in [0, 0.05) is 30.0 Å². The second-order valence-corrected chi connectivity index (χ2v) is 10.3. The van der Waals surface area contributed by atoms with E-state index in [2.05, 4.69) is 11.8 Å². The van der Waals surface area contributed by atoms with Gasteiger partial charge in [0.15, 0.2) is 5.82 Å². The van der Waals surface area contributed by atoms with Crippen molar-refractivity contribution in [1.82, 2.24) is 9.97 Å². The Morgan fingerprint density at radius 3 is 2.68 bits per heavy atom. The van der Waals surface area contributed by atoms with Gasteiger partial charge >= 0.3 is 0 Å². The third-order valence-corrected chi connectivity index (χ3v) is 8.58. The van der Waals surface area contributed by atoms with Gasteiger partial charge in [-0.25, -0.2) is 9.97 Å². The Balaban J connectivity index is 1.63. The summed E-state index contributed by atoms with van der Waals surface area (Å²) in [5.74, 6) is 1.19. The number of aryl methyl sites for hydroxylation is 1. The highest BCUT2D eigenvalue weighted by atomic mass is 35.5. The summed E-state index contributed by atoms with van der Waals surface area (Å²) < 4.78 is 5.74. The molecule has 1 unspecified atom stereocenters. The van der Waals surface area contributed by atoms with Crippen LogP contribution in [0, 0.1) is 18.3 Å². The highest BCUT2D eigenvalue weighted by Crippen LogP contribution is 2.45. The number of rotatable bonds is 5. The molecule has 168 valence electrons. The summed E-state index contributed by atoms with van der Waals surface area (Å²) in [6.07, 6.45) is 0.915. The van der Waals surface area contributed by atoms with Crippen LogP contribution in [0.25, 0.3) is 0 Å². The maximum absolute atomic E-state index is 10.5. The van der Waals surface area contributed by atoms with Gasteiger partial charge in [0.25, 0.3) is 0 Å². The average Bonchev–Trinajstić information content (AvgIpc) is 3.12. The summed E-state index contributed by atoms with van der Waals surface area (Å²) in [7, 11) is 0. The van der Waals surface area contributed by atoms with Crippen LogP contribution in [-0.4, -0.2) is 53.1 Å². The van der Waals surface area contributed by atoms with Crippen molar-refractivity contribution in [3.05, 3.63) is 39.6 Å². The molecule has 2 aliphatic rings. The lowest BCUT2D eigenvalue weighted by Crippen LogP contribution is -2.44. The van der Waals surface area contributed by atoms with Crippen molar-refractivity contribution in [3.8, 4) is 0 Å². The number of hydrogen-bond donors (Lipinski definition) is 2. The molecule has 2 fully saturated rings. The lowest BCUT2D eigenvalue weighted by Gasteiger charge is -2.42. The van der Waals surface area contributed by atoms with Crippen LogP contribution in [0.2, 0.25) is 10.0 Å². The van der Waals surface area contributed by atoms with Gasteiger partial charge in [0.05, 0.1) is 29.0 Å². The van der Waals surface area contributed by atoms with Crippen LogP contribution < -0.4 is 4.90 Å². The largest absolute Gasteiger partial charge is 0.393 e. The Morgan fingerprint density at radius 2 is 2.03 bits per heavy atom. The maximum Gasteiger partial charge on any atom is 0.153 e. The number of halogens is 2. The van der Waals surface area contributed by atoms with Crippen molar-refractivity contribution in [1.29, 1.82) is 0 Å².